The SMILES string of the molecule is COc1ccc(C(=O)N2CC[C@@H]3CNC[C@@H]3CC2)c(C)c1. The molecule has 2 fully saturated rings. The molecule has 3 rings (SSSR count). The molecule has 114 valence electrons. The first kappa shape index (κ1) is 14.4. The molecule has 4 nitrogen and oxygen atoms in total. The second-order valence-electron chi connectivity index (χ2n) is 6.23. The van der Waals surface area contributed by atoms with Crippen molar-refractivity contribution >= 4 is 5.91 Å². The Balaban J connectivity index is 1.73. The predicted octanol–water partition coefficient (Wildman–Crippen LogP) is 2.08. The van der Waals surface area contributed by atoms with Crippen LogP contribution in [0.4, 0.5) is 0 Å². The molecular weight excluding hydrogens is 264 g/mol. The van der Waals surface area contributed by atoms with Gasteiger partial charge in [-0.25, -0.2) is 0 Å². The summed E-state index contributed by atoms with van der Waals surface area (Å²) in [5.74, 6) is 2.48. The predicted molar refractivity (Wildman–Crippen MR) is 82.7 cm³/mol. The number of hydrogen-bond acceptors (Lipinski definition) is 3. The summed E-state index contributed by atoms with van der Waals surface area (Å²) in [6.45, 7) is 5.98. The van der Waals surface area contributed by atoms with Gasteiger partial charge in [0.15, 0.2) is 0 Å². The molecule has 1 amide bonds. The van der Waals surface area contributed by atoms with Crippen LogP contribution in [0, 0.1) is 18.8 Å². The molecule has 2 saturated heterocycles. The van der Waals surface area contributed by atoms with Crippen LogP contribution in [-0.4, -0.2) is 44.1 Å². The van der Waals surface area contributed by atoms with Crippen molar-refractivity contribution in [1.29, 1.82) is 0 Å². The number of methoxy groups -OCH3 is 1. The van der Waals surface area contributed by atoms with E-state index in [1.807, 2.05) is 30.0 Å². The van der Waals surface area contributed by atoms with E-state index in [9.17, 15) is 4.79 Å². The Morgan fingerprint density at radius 1 is 1.24 bits per heavy atom. The fraction of sp³-hybridized carbons (Fsp3) is 0.588. The second-order valence-corrected chi connectivity index (χ2v) is 6.23. The minimum Gasteiger partial charge on any atom is -0.497 e. The number of amides is 1. The zero-order valence-electron chi connectivity index (χ0n) is 12.9. The number of nitrogens with zero attached hydrogens (tertiary/aromatic N) is 1. The van der Waals surface area contributed by atoms with Crippen molar-refractivity contribution in [3.63, 3.8) is 0 Å². The average molecular weight is 288 g/mol. The number of benzene rings is 1. The fourth-order valence-electron chi connectivity index (χ4n) is 3.59. The lowest BCUT2D eigenvalue weighted by atomic mass is 9.92. The first-order valence-corrected chi connectivity index (χ1v) is 7.83. The van der Waals surface area contributed by atoms with Crippen LogP contribution in [0.5, 0.6) is 5.75 Å². The van der Waals surface area contributed by atoms with Crippen molar-refractivity contribution in [3.05, 3.63) is 29.3 Å². The highest BCUT2D eigenvalue weighted by Gasteiger charge is 2.31. The molecule has 2 aliphatic rings. The largest absolute Gasteiger partial charge is 0.497 e. The molecule has 0 spiro atoms. The van der Waals surface area contributed by atoms with Crippen LogP contribution in [-0.2, 0) is 0 Å². The van der Waals surface area contributed by atoms with Gasteiger partial charge in [0, 0.05) is 18.7 Å². The van der Waals surface area contributed by atoms with Crippen LogP contribution < -0.4 is 10.1 Å². The van der Waals surface area contributed by atoms with E-state index < -0.39 is 0 Å². The highest BCUT2D eigenvalue weighted by Crippen LogP contribution is 2.28. The average Bonchev–Trinajstić information content (AvgIpc) is 2.85. The van der Waals surface area contributed by atoms with Gasteiger partial charge < -0.3 is 15.0 Å². The monoisotopic (exact) mass is 288 g/mol. The summed E-state index contributed by atoms with van der Waals surface area (Å²) in [5.41, 5.74) is 1.80. The molecule has 2 atom stereocenters. The fourth-order valence-corrected chi connectivity index (χ4v) is 3.59. The Bertz CT molecular complexity index is 516. The Morgan fingerprint density at radius 2 is 1.90 bits per heavy atom. The number of rotatable bonds is 2. The molecule has 0 radical (unpaired) electrons. The third kappa shape index (κ3) is 2.91. The van der Waals surface area contributed by atoms with Gasteiger partial charge in [0.05, 0.1) is 7.11 Å². The van der Waals surface area contributed by atoms with Crippen molar-refractivity contribution < 1.29 is 9.53 Å². The van der Waals surface area contributed by atoms with E-state index >= 15 is 0 Å². The topological polar surface area (TPSA) is 41.6 Å². The molecule has 21 heavy (non-hydrogen) atoms. The van der Waals surface area contributed by atoms with Gasteiger partial charge in [0.25, 0.3) is 5.91 Å². The molecule has 1 aromatic carbocycles. The zero-order chi connectivity index (χ0) is 14.8. The number of ether oxygens (including phenoxy) is 1. The smallest absolute Gasteiger partial charge is 0.254 e. The van der Waals surface area contributed by atoms with Crippen LogP contribution in [0.2, 0.25) is 0 Å². The summed E-state index contributed by atoms with van der Waals surface area (Å²) in [6.07, 6.45) is 2.25. The molecular formula is C17H24N2O2. The van der Waals surface area contributed by atoms with E-state index in [1.165, 1.54) is 0 Å². The van der Waals surface area contributed by atoms with Gasteiger partial charge in [-0.1, -0.05) is 0 Å². The van der Waals surface area contributed by atoms with Gasteiger partial charge in [-0.3, -0.25) is 4.79 Å². The van der Waals surface area contributed by atoms with Crippen molar-refractivity contribution in [2.24, 2.45) is 11.8 Å². The highest BCUT2D eigenvalue weighted by molar-refractivity contribution is 5.95. The van der Waals surface area contributed by atoms with Gasteiger partial charge in [-0.15, -0.1) is 0 Å². The number of aryl methyl sites for hydroxylation is 1. The quantitative estimate of drug-likeness (QED) is 0.906. The van der Waals surface area contributed by atoms with Gasteiger partial charge in [0.2, 0.25) is 0 Å². The first-order chi connectivity index (χ1) is 10.2. The van der Waals surface area contributed by atoms with E-state index in [1.54, 1.807) is 7.11 Å². The summed E-state index contributed by atoms with van der Waals surface area (Å²) in [4.78, 5) is 14.8. The number of nitrogens with one attached hydrogen (secondary N) is 1. The Labute approximate surface area is 126 Å². The van der Waals surface area contributed by atoms with Crippen LogP contribution >= 0.6 is 0 Å². The third-order valence-electron chi connectivity index (χ3n) is 4.97. The minimum atomic E-state index is 0.170. The third-order valence-corrected chi connectivity index (χ3v) is 4.97. The molecule has 2 heterocycles. The molecule has 0 aliphatic carbocycles. The van der Waals surface area contributed by atoms with Gasteiger partial charge in [-0.05, 0) is 68.5 Å². The standard InChI is InChI=1S/C17H24N2O2/c1-12-9-15(21-2)3-4-16(12)17(20)19-7-5-13-10-18-11-14(13)6-8-19/h3-4,9,13-14,18H,5-8,10-11H2,1-2H3/t13-,14+. The molecule has 0 saturated carbocycles. The Morgan fingerprint density at radius 3 is 2.48 bits per heavy atom. The molecule has 0 unspecified atom stereocenters. The Kier molecular flexibility index (Phi) is 4.15. The van der Waals surface area contributed by atoms with Crippen LogP contribution in [0.1, 0.15) is 28.8 Å². The second kappa shape index (κ2) is 6.06. The molecule has 4 heteroatoms. The normalized spacial score (nSPS) is 25.3. The van der Waals surface area contributed by atoms with Gasteiger partial charge >= 0.3 is 0 Å². The number of carbonyl (C=O) groups is 1. The van der Waals surface area contributed by atoms with Crippen molar-refractivity contribution in [2.75, 3.05) is 33.3 Å². The molecule has 1 N–H and O–H groups in total. The summed E-state index contributed by atoms with van der Waals surface area (Å²) < 4.78 is 5.21. The van der Waals surface area contributed by atoms with E-state index in [2.05, 4.69) is 5.32 Å². The lowest BCUT2D eigenvalue weighted by Gasteiger charge is -2.22. The van der Waals surface area contributed by atoms with Crippen LogP contribution in [0.3, 0.4) is 0 Å². The van der Waals surface area contributed by atoms with Crippen LogP contribution in [0.25, 0.3) is 0 Å². The van der Waals surface area contributed by atoms with E-state index in [4.69, 9.17) is 4.74 Å². The molecule has 0 aromatic heterocycles. The summed E-state index contributed by atoms with van der Waals surface area (Å²) >= 11 is 0. The first-order valence-electron chi connectivity index (χ1n) is 7.83. The lowest BCUT2D eigenvalue weighted by Crippen LogP contribution is -2.33. The summed E-state index contributed by atoms with van der Waals surface area (Å²) in [5, 5.41) is 3.47. The number of carbonyl (C=O) groups excluding carboxylic acids is 1. The summed E-state index contributed by atoms with van der Waals surface area (Å²) in [7, 11) is 1.65. The maximum Gasteiger partial charge on any atom is 0.254 e. The zero-order valence-corrected chi connectivity index (χ0v) is 12.9. The number of fused-ring (bicyclic) bond motifs is 1. The van der Waals surface area contributed by atoms with Gasteiger partial charge in [0.1, 0.15) is 5.75 Å². The van der Waals surface area contributed by atoms with Crippen molar-refractivity contribution in [1.82, 2.24) is 10.2 Å². The number of likely N-dealkylation sites (tertiary alicyclic amines) is 1. The maximum atomic E-state index is 12.8. The molecule has 1 aromatic rings. The van der Waals surface area contributed by atoms with E-state index in [-0.39, 0.29) is 5.91 Å². The lowest BCUT2D eigenvalue weighted by molar-refractivity contribution is 0.0758. The number of hydrogen-bond donors (Lipinski definition) is 1. The Hall–Kier alpha value is -1.55. The molecule has 0 bridgehead atoms. The van der Waals surface area contributed by atoms with E-state index in [0.29, 0.717) is 0 Å². The van der Waals surface area contributed by atoms with Crippen LogP contribution in [0.15, 0.2) is 18.2 Å². The highest BCUT2D eigenvalue weighted by atomic mass is 16.5. The van der Waals surface area contributed by atoms with Crippen molar-refractivity contribution in [2.45, 2.75) is 19.8 Å². The maximum absolute atomic E-state index is 12.8. The van der Waals surface area contributed by atoms with E-state index in [0.717, 1.165) is 67.7 Å². The molecule has 2 aliphatic heterocycles. The summed E-state index contributed by atoms with van der Waals surface area (Å²) in [6, 6.07) is 5.70. The van der Waals surface area contributed by atoms with Gasteiger partial charge in [-0.2, -0.15) is 0 Å². The van der Waals surface area contributed by atoms with Crippen molar-refractivity contribution in [3.8, 4) is 5.75 Å². The minimum absolute atomic E-state index is 0.170.